The molecule has 0 aliphatic heterocycles. The number of amides is 1. The Morgan fingerprint density at radius 3 is 2.72 bits per heavy atom. The molecule has 1 amide bonds. The Balaban J connectivity index is 1.51. The van der Waals surface area contributed by atoms with Gasteiger partial charge in [-0.05, 0) is 36.4 Å². The van der Waals surface area contributed by atoms with Crippen LogP contribution in [-0.4, -0.2) is 17.7 Å². The smallest absolute Gasteiger partial charge is 0.258 e. The monoisotopic (exact) mass is 360 g/mol. The van der Waals surface area contributed by atoms with Gasteiger partial charge in [-0.1, -0.05) is 28.9 Å². The van der Waals surface area contributed by atoms with Gasteiger partial charge >= 0.3 is 0 Å². The van der Waals surface area contributed by atoms with Crippen LogP contribution in [0.2, 0.25) is 5.02 Å². The molecule has 3 aromatic rings. The first-order valence-electron chi connectivity index (χ1n) is 7.47. The Hall–Kier alpha value is -2.86. The summed E-state index contributed by atoms with van der Waals surface area (Å²) in [5.74, 6) is -0.300. The van der Waals surface area contributed by atoms with E-state index in [9.17, 15) is 9.18 Å². The van der Waals surface area contributed by atoms with Crippen molar-refractivity contribution in [2.24, 2.45) is 0 Å². The number of halogens is 2. The lowest BCUT2D eigenvalue weighted by Gasteiger charge is -2.06. The van der Waals surface area contributed by atoms with Crippen LogP contribution in [0.25, 0.3) is 11.3 Å². The summed E-state index contributed by atoms with van der Waals surface area (Å²) in [4.78, 5) is 11.8. The number of nitrogens with zero attached hydrogens (tertiary/aromatic N) is 1. The predicted molar refractivity (Wildman–Crippen MR) is 90.7 cm³/mol. The third-order valence-electron chi connectivity index (χ3n) is 3.35. The van der Waals surface area contributed by atoms with Crippen molar-refractivity contribution in [3.8, 4) is 17.1 Å². The molecule has 25 heavy (non-hydrogen) atoms. The summed E-state index contributed by atoms with van der Waals surface area (Å²) in [6.45, 7) is -0.112. The molecule has 1 heterocycles. The van der Waals surface area contributed by atoms with Crippen LogP contribution in [0.15, 0.2) is 59.1 Å². The van der Waals surface area contributed by atoms with Crippen LogP contribution in [-0.2, 0) is 11.3 Å². The van der Waals surface area contributed by atoms with Gasteiger partial charge in [0.05, 0.1) is 6.54 Å². The van der Waals surface area contributed by atoms with Gasteiger partial charge in [0, 0.05) is 16.7 Å². The molecule has 128 valence electrons. The van der Waals surface area contributed by atoms with Gasteiger partial charge in [-0.3, -0.25) is 4.79 Å². The number of benzene rings is 2. The average Bonchev–Trinajstić information content (AvgIpc) is 3.09. The van der Waals surface area contributed by atoms with Crippen molar-refractivity contribution in [1.82, 2.24) is 10.5 Å². The lowest BCUT2D eigenvalue weighted by atomic mass is 10.1. The van der Waals surface area contributed by atoms with Gasteiger partial charge in [-0.25, -0.2) is 4.39 Å². The zero-order chi connectivity index (χ0) is 17.6. The molecule has 0 aliphatic carbocycles. The van der Waals surface area contributed by atoms with Crippen LogP contribution in [0.5, 0.6) is 5.75 Å². The molecule has 1 N–H and O–H groups in total. The summed E-state index contributed by atoms with van der Waals surface area (Å²) in [6.07, 6.45) is 0. The second-order valence-electron chi connectivity index (χ2n) is 5.19. The standard InChI is InChI=1S/C18H14ClFN2O3/c19-13-7-5-12(6-8-13)17-9-14(22-25-17)10-21-18(23)11-24-16-4-2-1-3-15(16)20/h1-9H,10-11H2,(H,21,23). The Bertz CT molecular complexity index is 865. The molecular formula is C18H14ClFN2O3. The van der Waals surface area contributed by atoms with E-state index in [-0.39, 0.29) is 24.8 Å². The molecule has 7 heteroatoms. The number of carbonyl (C=O) groups is 1. The van der Waals surface area contributed by atoms with Gasteiger partial charge in [0.25, 0.3) is 5.91 Å². The number of ether oxygens (including phenoxy) is 1. The normalized spacial score (nSPS) is 10.5. The van der Waals surface area contributed by atoms with E-state index in [1.165, 1.54) is 12.1 Å². The molecule has 2 aromatic carbocycles. The first-order chi connectivity index (χ1) is 12.1. The van der Waals surface area contributed by atoms with E-state index in [2.05, 4.69) is 10.5 Å². The summed E-state index contributed by atoms with van der Waals surface area (Å²) in [5.41, 5.74) is 1.39. The SMILES string of the molecule is O=C(COc1ccccc1F)NCc1cc(-c2ccc(Cl)cc2)on1. The Morgan fingerprint density at radius 2 is 1.96 bits per heavy atom. The predicted octanol–water partition coefficient (Wildman–Crippen LogP) is 3.83. The molecule has 0 saturated heterocycles. The topological polar surface area (TPSA) is 64.4 Å². The highest BCUT2D eigenvalue weighted by molar-refractivity contribution is 6.30. The molecule has 0 bridgehead atoms. The molecule has 0 saturated carbocycles. The van der Waals surface area contributed by atoms with Gasteiger partial charge in [0.1, 0.15) is 5.69 Å². The molecule has 0 atom stereocenters. The van der Waals surface area contributed by atoms with E-state index in [1.807, 2.05) is 12.1 Å². The van der Waals surface area contributed by atoms with Crippen LogP contribution in [0.4, 0.5) is 4.39 Å². The summed E-state index contributed by atoms with van der Waals surface area (Å²) < 4.78 is 23.8. The van der Waals surface area contributed by atoms with Gasteiger partial charge in [-0.2, -0.15) is 0 Å². The Kier molecular flexibility index (Phi) is 5.30. The van der Waals surface area contributed by atoms with Crippen molar-refractivity contribution in [2.75, 3.05) is 6.61 Å². The number of nitrogens with one attached hydrogen (secondary N) is 1. The van der Waals surface area contributed by atoms with Crippen LogP contribution < -0.4 is 10.1 Å². The third kappa shape index (κ3) is 4.58. The zero-order valence-corrected chi connectivity index (χ0v) is 13.8. The highest BCUT2D eigenvalue weighted by atomic mass is 35.5. The van der Waals surface area contributed by atoms with Crippen LogP contribution in [0.3, 0.4) is 0 Å². The third-order valence-corrected chi connectivity index (χ3v) is 3.60. The summed E-state index contributed by atoms with van der Waals surface area (Å²) in [6, 6.07) is 14.7. The van der Waals surface area contributed by atoms with E-state index < -0.39 is 5.82 Å². The van der Waals surface area contributed by atoms with Gasteiger partial charge < -0.3 is 14.6 Å². The fraction of sp³-hybridized carbons (Fsp3) is 0.111. The minimum absolute atomic E-state index is 0.0316. The summed E-state index contributed by atoms with van der Waals surface area (Å²) in [5, 5.41) is 7.16. The van der Waals surface area contributed by atoms with Crippen molar-refractivity contribution in [3.05, 3.63) is 71.1 Å². The molecule has 1 aromatic heterocycles. The van der Waals surface area contributed by atoms with Crippen LogP contribution >= 0.6 is 11.6 Å². The molecule has 5 nitrogen and oxygen atoms in total. The minimum Gasteiger partial charge on any atom is -0.481 e. The maximum atomic E-state index is 13.4. The molecule has 0 radical (unpaired) electrons. The van der Waals surface area contributed by atoms with E-state index in [1.54, 1.807) is 30.3 Å². The quantitative estimate of drug-likeness (QED) is 0.725. The number of aromatic nitrogens is 1. The van der Waals surface area contributed by atoms with Crippen molar-refractivity contribution in [1.29, 1.82) is 0 Å². The average molecular weight is 361 g/mol. The van der Waals surface area contributed by atoms with Crippen molar-refractivity contribution < 1.29 is 18.4 Å². The zero-order valence-electron chi connectivity index (χ0n) is 13.0. The molecule has 0 aliphatic rings. The lowest BCUT2D eigenvalue weighted by molar-refractivity contribution is -0.123. The van der Waals surface area contributed by atoms with Gasteiger partial charge in [-0.15, -0.1) is 0 Å². The maximum absolute atomic E-state index is 13.4. The largest absolute Gasteiger partial charge is 0.481 e. The van der Waals surface area contributed by atoms with Crippen LogP contribution in [0.1, 0.15) is 5.69 Å². The molecule has 0 unspecified atom stereocenters. The maximum Gasteiger partial charge on any atom is 0.258 e. The second kappa shape index (κ2) is 7.81. The summed E-state index contributed by atoms with van der Waals surface area (Å²) in [7, 11) is 0. The number of hydrogen-bond acceptors (Lipinski definition) is 4. The lowest BCUT2D eigenvalue weighted by Crippen LogP contribution is -2.28. The van der Waals surface area contributed by atoms with Gasteiger partial charge in [0.15, 0.2) is 23.9 Å². The van der Waals surface area contributed by atoms with E-state index in [4.69, 9.17) is 20.9 Å². The van der Waals surface area contributed by atoms with Crippen molar-refractivity contribution >= 4 is 17.5 Å². The van der Waals surface area contributed by atoms with E-state index >= 15 is 0 Å². The number of para-hydroxylation sites is 1. The fourth-order valence-electron chi connectivity index (χ4n) is 2.09. The first kappa shape index (κ1) is 17.0. The minimum atomic E-state index is -0.514. The molecule has 0 fully saturated rings. The Morgan fingerprint density at radius 1 is 1.20 bits per heavy atom. The number of hydrogen-bond donors (Lipinski definition) is 1. The van der Waals surface area contributed by atoms with E-state index in [0.29, 0.717) is 16.5 Å². The first-order valence-corrected chi connectivity index (χ1v) is 7.85. The van der Waals surface area contributed by atoms with E-state index in [0.717, 1.165) is 5.56 Å². The number of carbonyl (C=O) groups excluding carboxylic acids is 1. The molecule has 3 rings (SSSR count). The summed E-state index contributed by atoms with van der Waals surface area (Å²) >= 11 is 5.84. The highest BCUT2D eigenvalue weighted by Gasteiger charge is 2.09. The van der Waals surface area contributed by atoms with Crippen molar-refractivity contribution in [2.45, 2.75) is 6.54 Å². The number of rotatable bonds is 6. The second-order valence-corrected chi connectivity index (χ2v) is 5.62. The highest BCUT2D eigenvalue weighted by Crippen LogP contribution is 2.22. The van der Waals surface area contributed by atoms with Crippen LogP contribution in [0, 0.1) is 5.82 Å². The molecular weight excluding hydrogens is 347 g/mol. The fourth-order valence-corrected chi connectivity index (χ4v) is 2.22. The molecule has 0 spiro atoms. The van der Waals surface area contributed by atoms with Crippen molar-refractivity contribution in [3.63, 3.8) is 0 Å². The Labute approximate surface area is 148 Å². The van der Waals surface area contributed by atoms with Gasteiger partial charge in [0.2, 0.25) is 0 Å².